The topological polar surface area (TPSA) is 50.4 Å². The molecule has 110 valence electrons. The van der Waals surface area contributed by atoms with Crippen LogP contribution in [0.4, 0.5) is 5.69 Å². The lowest BCUT2D eigenvalue weighted by atomic mass is 9.94. The molecule has 0 bridgehead atoms. The number of ether oxygens (including phenoxy) is 1. The van der Waals surface area contributed by atoms with E-state index in [-0.39, 0.29) is 23.2 Å². The van der Waals surface area contributed by atoms with Crippen LogP contribution in [0.5, 0.6) is 0 Å². The molecular weight excluding hydrogens is 252 g/mol. The van der Waals surface area contributed by atoms with Gasteiger partial charge in [-0.25, -0.2) is 0 Å². The molecule has 1 fully saturated rings. The van der Waals surface area contributed by atoms with Crippen LogP contribution >= 0.6 is 0 Å². The fourth-order valence-corrected chi connectivity index (χ4v) is 2.85. The lowest BCUT2D eigenvalue weighted by Crippen LogP contribution is -2.38. The van der Waals surface area contributed by atoms with Crippen molar-refractivity contribution in [2.45, 2.75) is 51.4 Å². The normalized spacial score (nSPS) is 23.4. The van der Waals surface area contributed by atoms with Gasteiger partial charge < -0.3 is 15.4 Å². The van der Waals surface area contributed by atoms with Crippen molar-refractivity contribution in [1.29, 1.82) is 0 Å². The monoisotopic (exact) mass is 276 g/mol. The number of hydrogen-bond donors (Lipinski definition) is 2. The van der Waals surface area contributed by atoms with Crippen molar-refractivity contribution < 1.29 is 9.53 Å². The van der Waals surface area contributed by atoms with Gasteiger partial charge in [0.2, 0.25) is 0 Å². The van der Waals surface area contributed by atoms with E-state index in [1.165, 1.54) is 0 Å². The molecule has 0 saturated carbocycles. The highest BCUT2D eigenvalue weighted by atomic mass is 16.5. The number of carbonyl (C=O) groups excluding carboxylic acids is 1. The first-order valence-electron chi connectivity index (χ1n) is 7.02. The smallest absolute Gasteiger partial charge is 0.251 e. The maximum atomic E-state index is 11.5. The molecule has 4 nitrogen and oxygen atoms in total. The summed E-state index contributed by atoms with van der Waals surface area (Å²) >= 11 is 0. The Bertz CT molecular complexity index is 492. The van der Waals surface area contributed by atoms with E-state index in [2.05, 4.69) is 38.3 Å². The second-order valence-corrected chi connectivity index (χ2v) is 6.52. The van der Waals surface area contributed by atoms with E-state index in [1.807, 2.05) is 24.3 Å². The van der Waals surface area contributed by atoms with Crippen molar-refractivity contribution in [1.82, 2.24) is 5.32 Å². The standard InChI is InChI=1S/C16H24N2O2/c1-15(2)10-13(16(3,4)20-15)18-12-8-6-11(7-9-12)14(19)17-5/h6-9,13,18H,10H2,1-5H3,(H,17,19). The number of hydrogen-bond acceptors (Lipinski definition) is 3. The number of benzene rings is 1. The third-order valence-electron chi connectivity index (χ3n) is 3.79. The minimum Gasteiger partial charge on any atom is -0.379 e. The summed E-state index contributed by atoms with van der Waals surface area (Å²) in [5.41, 5.74) is 1.36. The van der Waals surface area contributed by atoms with Crippen LogP contribution in [0.2, 0.25) is 0 Å². The predicted molar refractivity (Wildman–Crippen MR) is 81.1 cm³/mol. The van der Waals surface area contributed by atoms with Crippen molar-refractivity contribution in [2.24, 2.45) is 0 Å². The van der Waals surface area contributed by atoms with Gasteiger partial charge in [-0.3, -0.25) is 4.79 Å². The molecule has 1 saturated heterocycles. The molecule has 0 aliphatic carbocycles. The first-order chi connectivity index (χ1) is 9.23. The number of carbonyl (C=O) groups is 1. The summed E-state index contributed by atoms with van der Waals surface area (Å²) in [6.45, 7) is 8.45. The molecule has 0 spiro atoms. The number of nitrogens with one attached hydrogen (secondary N) is 2. The quantitative estimate of drug-likeness (QED) is 0.892. The fourth-order valence-electron chi connectivity index (χ4n) is 2.85. The zero-order valence-electron chi connectivity index (χ0n) is 12.9. The van der Waals surface area contributed by atoms with E-state index < -0.39 is 0 Å². The van der Waals surface area contributed by atoms with Gasteiger partial charge in [0, 0.05) is 18.3 Å². The third-order valence-corrected chi connectivity index (χ3v) is 3.79. The maximum absolute atomic E-state index is 11.5. The van der Waals surface area contributed by atoms with Crippen LogP contribution in [-0.2, 0) is 4.74 Å². The SMILES string of the molecule is CNC(=O)c1ccc(NC2CC(C)(C)OC2(C)C)cc1. The summed E-state index contributed by atoms with van der Waals surface area (Å²) in [5, 5.41) is 6.13. The molecule has 1 aliphatic rings. The van der Waals surface area contributed by atoms with E-state index in [0.29, 0.717) is 5.56 Å². The van der Waals surface area contributed by atoms with Crippen molar-refractivity contribution in [3.05, 3.63) is 29.8 Å². The van der Waals surface area contributed by atoms with E-state index in [4.69, 9.17) is 4.74 Å². The molecule has 1 atom stereocenters. The molecular formula is C16H24N2O2. The van der Waals surface area contributed by atoms with Gasteiger partial charge in [-0.15, -0.1) is 0 Å². The maximum Gasteiger partial charge on any atom is 0.251 e. The van der Waals surface area contributed by atoms with Crippen LogP contribution in [-0.4, -0.2) is 30.2 Å². The Morgan fingerprint density at radius 1 is 1.20 bits per heavy atom. The molecule has 1 aliphatic heterocycles. The summed E-state index contributed by atoms with van der Waals surface area (Å²) in [5.74, 6) is -0.0674. The second kappa shape index (κ2) is 5.09. The van der Waals surface area contributed by atoms with Gasteiger partial charge in [0.15, 0.2) is 0 Å². The average Bonchev–Trinajstić information content (AvgIpc) is 2.57. The van der Waals surface area contributed by atoms with Crippen molar-refractivity contribution in [3.8, 4) is 0 Å². The Morgan fingerprint density at radius 2 is 1.80 bits per heavy atom. The van der Waals surface area contributed by atoms with Gasteiger partial charge in [0.25, 0.3) is 5.91 Å². The summed E-state index contributed by atoms with van der Waals surface area (Å²) < 4.78 is 6.07. The molecule has 1 amide bonds. The minimum absolute atomic E-state index is 0.0674. The van der Waals surface area contributed by atoms with E-state index in [9.17, 15) is 4.79 Å². The van der Waals surface area contributed by atoms with Gasteiger partial charge in [0.1, 0.15) is 0 Å². The first-order valence-corrected chi connectivity index (χ1v) is 7.02. The zero-order chi connectivity index (χ0) is 15.0. The molecule has 1 aromatic carbocycles. The molecule has 1 aromatic rings. The molecule has 2 rings (SSSR count). The first kappa shape index (κ1) is 14.9. The van der Waals surface area contributed by atoms with Crippen LogP contribution in [0.3, 0.4) is 0 Å². The summed E-state index contributed by atoms with van der Waals surface area (Å²) in [7, 11) is 1.63. The molecule has 4 heteroatoms. The third kappa shape index (κ3) is 3.12. The van der Waals surface area contributed by atoms with E-state index >= 15 is 0 Å². The van der Waals surface area contributed by atoms with Crippen LogP contribution in [0, 0.1) is 0 Å². The van der Waals surface area contributed by atoms with Gasteiger partial charge in [-0.2, -0.15) is 0 Å². The second-order valence-electron chi connectivity index (χ2n) is 6.52. The van der Waals surface area contributed by atoms with Gasteiger partial charge in [0.05, 0.1) is 17.2 Å². The highest BCUT2D eigenvalue weighted by Crippen LogP contribution is 2.38. The minimum atomic E-state index is -0.205. The Morgan fingerprint density at radius 3 is 2.25 bits per heavy atom. The Balaban J connectivity index is 2.09. The Hall–Kier alpha value is -1.55. The molecule has 1 unspecified atom stereocenters. The van der Waals surface area contributed by atoms with E-state index in [1.54, 1.807) is 7.05 Å². The zero-order valence-corrected chi connectivity index (χ0v) is 12.9. The molecule has 0 radical (unpaired) electrons. The number of anilines is 1. The summed E-state index contributed by atoms with van der Waals surface area (Å²) in [6, 6.07) is 7.78. The highest BCUT2D eigenvalue weighted by Gasteiger charge is 2.45. The number of rotatable bonds is 3. The van der Waals surface area contributed by atoms with Crippen molar-refractivity contribution >= 4 is 11.6 Å². The summed E-state index contributed by atoms with van der Waals surface area (Å²) in [6.07, 6.45) is 0.956. The van der Waals surface area contributed by atoms with Crippen LogP contribution in [0.1, 0.15) is 44.5 Å². The lowest BCUT2D eigenvalue weighted by Gasteiger charge is -2.28. The molecule has 1 heterocycles. The van der Waals surface area contributed by atoms with Gasteiger partial charge in [-0.1, -0.05) is 0 Å². The van der Waals surface area contributed by atoms with E-state index in [0.717, 1.165) is 12.1 Å². The van der Waals surface area contributed by atoms with Crippen LogP contribution in [0.15, 0.2) is 24.3 Å². The fraction of sp³-hybridized carbons (Fsp3) is 0.562. The Kier molecular flexibility index (Phi) is 3.78. The molecule has 0 aromatic heterocycles. The molecule has 20 heavy (non-hydrogen) atoms. The van der Waals surface area contributed by atoms with Crippen LogP contribution < -0.4 is 10.6 Å². The predicted octanol–water partition coefficient (Wildman–Crippen LogP) is 2.80. The van der Waals surface area contributed by atoms with Gasteiger partial charge in [-0.05, 0) is 58.4 Å². The lowest BCUT2D eigenvalue weighted by molar-refractivity contribution is -0.0662. The van der Waals surface area contributed by atoms with Crippen molar-refractivity contribution in [2.75, 3.05) is 12.4 Å². The highest BCUT2D eigenvalue weighted by molar-refractivity contribution is 5.94. The van der Waals surface area contributed by atoms with Gasteiger partial charge >= 0.3 is 0 Å². The largest absolute Gasteiger partial charge is 0.379 e. The van der Waals surface area contributed by atoms with Crippen LogP contribution in [0.25, 0.3) is 0 Å². The number of amides is 1. The summed E-state index contributed by atoms with van der Waals surface area (Å²) in [4.78, 5) is 11.5. The Labute approximate surface area is 120 Å². The molecule has 2 N–H and O–H groups in total. The average molecular weight is 276 g/mol. The van der Waals surface area contributed by atoms with Crippen molar-refractivity contribution in [3.63, 3.8) is 0 Å².